The van der Waals surface area contributed by atoms with Crippen LogP contribution >= 0.6 is 11.8 Å². The first kappa shape index (κ1) is 15.1. The van der Waals surface area contributed by atoms with E-state index in [1.165, 1.54) is 17.7 Å². The predicted octanol–water partition coefficient (Wildman–Crippen LogP) is 2.75. The van der Waals surface area contributed by atoms with Crippen LogP contribution in [0.15, 0.2) is 58.3 Å². The molecule has 1 aliphatic heterocycles. The van der Waals surface area contributed by atoms with Gasteiger partial charge in [0.25, 0.3) is 0 Å². The van der Waals surface area contributed by atoms with Crippen LogP contribution in [-0.2, 0) is 21.1 Å². The van der Waals surface area contributed by atoms with Gasteiger partial charge in [0.1, 0.15) is 0 Å². The number of sulfone groups is 1. The molecule has 0 fully saturated rings. The highest BCUT2D eigenvalue weighted by molar-refractivity contribution is 8.01. The van der Waals surface area contributed by atoms with Crippen molar-refractivity contribution in [3.63, 3.8) is 0 Å². The van der Waals surface area contributed by atoms with E-state index in [1.807, 2.05) is 24.3 Å². The topological polar surface area (TPSA) is 63.2 Å². The van der Waals surface area contributed by atoms with Gasteiger partial charge >= 0.3 is 0 Å². The largest absolute Gasteiger partial charge is 0.325 e. The van der Waals surface area contributed by atoms with Gasteiger partial charge in [0.2, 0.25) is 5.91 Å². The lowest BCUT2D eigenvalue weighted by atomic mass is 10.1. The Bertz CT molecular complexity index is 806. The van der Waals surface area contributed by atoms with Gasteiger partial charge < -0.3 is 5.32 Å². The summed E-state index contributed by atoms with van der Waals surface area (Å²) in [6, 6.07) is 14.3. The smallest absolute Gasteiger partial charge is 0.238 e. The van der Waals surface area contributed by atoms with Crippen molar-refractivity contribution in [1.82, 2.24) is 0 Å². The summed E-state index contributed by atoms with van der Waals surface area (Å²) in [5.41, 5.74) is 1.68. The molecule has 0 aromatic heterocycles. The molecule has 6 heteroatoms. The second-order valence-corrected chi connectivity index (χ2v) is 8.47. The fraction of sp³-hybridized carbons (Fsp3) is 0.188. The first-order valence-corrected chi connectivity index (χ1v) is 9.56. The van der Waals surface area contributed by atoms with Crippen LogP contribution in [0.3, 0.4) is 0 Å². The molecule has 22 heavy (non-hydrogen) atoms. The minimum absolute atomic E-state index is 0.105. The van der Waals surface area contributed by atoms with E-state index in [2.05, 4.69) is 5.32 Å². The van der Waals surface area contributed by atoms with Crippen LogP contribution in [0.5, 0.6) is 0 Å². The molecule has 1 heterocycles. The first-order chi connectivity index (χ1) is 10.4. The molecule has 0 radical (unpaired) electrons. The van der Waals surface area contributed by atoms with E-state index in [4.69, 9.17) is 0 Å². The predicted molar refractivity (Wildman–Crippen MR) is 88.0 cm³/mol. The average molecular weight is 333 g/mol. The van der Waals surface area contributed by atoms with E-state index in [9.17, 15) is 13.2 Å². The summed E-state index contributed by atoms with van der Waals surface area (Å²) in [7, 11) is -3.28. The monoisotopic (exact) mass is 333 g/mol. The van der Waals surface area contributed by atoms with Crippen molar-refractivity contribution in [3.05, 3.63) is 54.1 Å². The van der Waals surface area contributed by atoms with E-state index < -0.39 is 9.84 Å². The van der Waals surface area contributed by atoms with E-state index >= 15 is 0 Å². The van der Waals surface area contributed by atoms with Gasteiger partial charge in [-0.3, -0.25) is 4.79 Å². The lowest BCUT2D eigenvalue weighted by molar-refractivity contribution is -0.115. The van der Waals surface area contributed by atoms with E-state index in [0.29, 0.717) is 12.1 Å². The fourth-order valence-electron chi connectivity index (χ4n) is 2.36. The Morgan fingerprint density at radius 2 is 1.95 bits per heavy atom. The van der Waals surface area contributed by atoms with Crippen molar-refractivity contribution in [2.24, 2.45) is 0 Å². The number of benzene rings is 2. The van der Waals surface area contributed by atoms with Crippen LogP contribution in [-0.4, -0.2) is 25.8 Å². The summed E-state index contributed by atoms with van der Waals surface area (Å²) in [6.45, 7) is 0. The third-order valence-electron chi connectivity index (χ3n) is 3.47. The number of anilines is 1. The molecule has 0 spiro atoms. The number of fused-ring (bicyclic) bond motifs is 1. The van der Waals surface area contributed by atoms with Crippen molar-refractivity contribution >= 4 is 33.2 Å². The summed E-state index contributed by atoms with van der Waals surface area (Å²) < 4.78 is 23.1. The molecule has 4 nitrogen and oxygen atoms in total. The Balaban J connectivity index is 1.74. The zero-order valence-corrected chi connectivity index (χ0v) is 13.6. The zero-order chi connectivity index (χ0) is 15.7. The Hall–Kier alpha value is -1.79. The van der Waals surface area contributed by atoms with Gasteiger partial charge in [0.05, 0.1) is 10.1 Å². The van der Waals surface area contributed by atoms with Crippen LogP contribution < -0.4 is 5.32 Å². The molecule has 1 N–H and O–H groups in total. The normalized spacial score (nSPS) is 17.0. The van der Waals surface area contributed by atoms with Gasteiger partial charge in [-0.25, -0.2) is 8.42 Å². The van der Waals surface area contributed by atoms with Crippen molar-refractivity contribution in [2.45, 2.75) is 21.5 Å². The van der Waals surface area contributed by atoms with Crippen molar-refractivity contribution < 1.29 is 13.2 Å². The van der Waals surface area contributed by atoms with Crippen LogP contribution in [0, 0.1) is 0 Å². The molecule has 1 aliphatic rings. The maximum Gasteiger partial charge on any atom is 0.238 e. The molecular weight excluding hydrogens is 318 g/mol. The number of hydrogen-bond acceptors (Lipinski definition) is 4. The van der Waals surface area contributed by atoms with E-state index in [-0.39, 0.29) is 16.1 Å². The summed E-state index contributed by atoms with van der Waals surface area (Å²) in [5, 5.41) is 2.63. The zero-order valence-electron chi connectivity index (χ0n) is 11.9. The van der Waals surface area contributed by atoms with Crippen LogP contribution in [0.4, 0.5) is 5.69 Å². The number of nitrogens with one attached hydrogen (secondary N) is 1. The number of thioether (sulfide) groups is 1. The molecule has 1 amide bonds. The standard InChI is InChI=1S/C16H15NO3S2/c1-22(19,20)13-7-4-6-12(10-13)17-16(18)15-9-11-5-2-3-8-14(11)21-15/h2-8,10,15H,9H2,1H3,(H,17,18). The molecule has 2 aromatic carbocycles. The molecule has 2 aromatic rings. The molecule has 3 rings (SSSR count). The van der Waals surface area contributed by atoms with Crippen LogP contribution in [0.25, 0.3) is 0 Å². The van der Waals surface area contributed by atoms with Crippen molar-refractivity contribution in [3.8, 4) is 0 Å². The SMILES string of the molecule is CS(=O)(=O)c1cccc(NC(=O)C2Cc3ccccc3S2)c1. The second-order valence-electron chi connectivity index (χ2n) is 5.21. The van der Waals surface area contributed by atoms with Crippen molar-refractivity contribution in [1.29, 1.82) is 0 Å². The molecular formula is C16H15NO3S2. The Morgan fingerprint density at radius 3 is 2.68 bits per heavy atom. The lowest BCUT2D eigenvalue weighted by Gasteiger charge is -2.10. The minimum Gasteiger partial charge on any atom is -0.325 e. The molecule has 0 bridgehead atoms. The maximum atomic E-state index is 12.4. The third kappa shape index (κ3) is 3.18. The number of carbonyl (C=O) groups is 1. The average Bonchev–Trinajstić information content (AvgIpc) is 2.90. The van der Waals surface area contributed by atoms with Gasteiger partial charge in [-0.2, -0.15) is 0 Å². The number of amides is 1. The van der Waals surface area contributed by atoms with Crippen molar-refractivity contribution in [2.75, 3.05) is 11.6 Å². The lowest BCUT2D eigenvalue weighted by Crippen LogP contribution is -2.24. The number of carbonyl (C=O) groups excluding carboxylic acids is 1. The Kier molecular flexibility index (Phi) is 3.97. The Labute approximate surface area is 133 Å². The number of hydrogen-bond donors (Lipinski definition) is 1. The highest BCUT2D eigenvalue weighted by Gasteiger charge is 2.28. The van der Waals surface area contributed by atoms with Gasteiger partial charge in [0.15, 0.2) is 9.84 Å². The molecule has 0 aliphatic carbocycles. The highest BCUT2D eigenvalue weighted by Crippen LogP contribution is 2.37. The summed E-state index contributed by atoms with van der Waals surface area (Å²) >= 11 is 1.54. The van der Waals surface area contributed by atoms with Crippen LogP contribution in [0.1, 0.15) is 5.56 Å². The molecule has 0 saturated carbocycles. The van der Waals surface area contributed by atoms with Gasteiger partial charge in [0, 0.05) is 16.8 Å². The molecule has 1 unspecified atom stereocenters. The third-order valence-corrected chi connectivity index (χ3v) is 5.90. The minimum atomic E-state index is -3.28. The first-order valence-electron chi connectivity index (χ1n) is 6.79. The van der Waals surface area contributed by atoms with Gasteiger partial charge in [-0.15, -0.1) is 11.8 Å². The van der Waals surface area contributed by atoms with Gasteiger partial charge in [-0.05, 0) is 36.2 Å². The van der Waals surface area contributed by atoms with Gasteiger partial charge in [-0.1, -0.05) is 24.3 Å². The highest BCUT2D eigenvalue weighted by atomic mass is 32.2. The maximum absolute atomic E-state index is 12.4. The molecule has 0 saturated heterocycles. The second kappa shape index (κ2) is 5.78. The van der Waals surface area contributed by atoms with Crippen LogP contribution in [0.2, 0.25) is 0 Å². The summed E-state index contributed by atoms with van der Waals surface area (Å²) in [4.78, 5) is 13.7. The summed E-state index contributed by atoms with van der Waals surface area (Å²) in [5.74, 6) is -0.105. The molecule has 1 atom stereocenters. The van der Waals surface area contributed by atoms with E-state index in [0.717, 1.165) is 11.2 Å². The summed E-state index contributed by atoms with van der Waals surface area (Å²) in [6.07, 6.45) is 1.84. The number of rotatable bonds is 3. The Morgan fingerprint density at radius 1 is 1.18 bits per heavy atom. The molecule has 114 valence electrons. The van der Waals surface area contributed by atoms with E-state index in [1.54, 1.807) is 23.9 Å². The fourth-order valence-corrected chi connectivity index (χ4v) is 4.22. The quantitative estimate of drug-likeness (QED) is 0.938.